The molecule has 5 nitrogen and oxygen atoms in total. The number of fused-ring (bicyclic) bond motifs is 1. The Morgan fingerprint density at radius 3 is 2.57 bits per heavy atom. The highest BCUT2D eigenvalue weighted by Gasteiger charge is 2.17. The van der Waals surface area contributed by atoms with Gasteiger partial charge in [-0.15, -0.1) is 0 Å². The van der Waals surface area contributed by atoms with Crippen LogP contribution in [0.15, 0.2) is 18.2 Å². The maximum atomic E-state index is 11.8. The van der Waals surface area contributed by atoms with E-state index < -0.39 is 11.7 Å². The van der Waals surface area contributed by atoms with Crippen molar-refractivity contribution in [3.05, 3.63) is 29.5 Å². The normalized spacial score (nSPS) is 11.5. The van der Waals surface area contributed by atoms with E-state index in [2.05, 4.69) is 5.32 Å². The highest BCUT2D eigenvalue weighted by Crippen LogP contribution is 2.28. The van der Waals surface area contributed by atoms with Crippen molar-refractivity contribution in [1.82, 2.24) is 4.57 Å². The quantitative estimate of drug-likeness (QED) is 0.858. The first-order valence-electron chi connectivity index (χ1n) is 6.77. The number of rotatable bonds is 2. The third-order valence-electron chi connectivity index (χ3n) is 3.29. The Morgan fingerprint density at radius 1 is 1.33 bits per heavy atom. The minimum Gasteiger partial charge on any atom is -0.444 e. The smallest absolute Gasteiger partial charge is 0.412 e. The summed E-state index contributed by atoms with van der Waals surface area (Å²) in [5, 5.41) is 3.68. The maximum absolute atomic E-state index is 11.8. The molecule has 1 heterocycles. The van der Waals surface area contributed by atoms with E-state index in [1.807, 2.05) is 57.5 Å². The molecule has 0 spiro atoms. The molecule has 0 radical (unpaired) electrons. The van der Waals surface area contributed by atoms with E-state index in [-0.39, 0.29) is 0 Å². The standard InChI is InChI=1S/C16H20N2O3/c1-10-12-8-11(9-19)18(5)14(12)7-6-13(10)17-15(20)21-16(2,3)4/h6-9H,1-5H3,(H,17,20). The molecule has 0 saturated carbocycles. The number of nitrogens with one attached hydrogen (secondary N) is 1. The Bertz CT molecular complexity index is 708. The molecule has 0 aliphatic rings. The summed E-state index contributed by atoms with van der Waals surface area (Å²) in [6.45, 7) is 7.35. The fraction of sp³-hybridized carbons (Fsp3) is 0.375. The van der Waals surface area contributed by atoms with Gasteiger partial charge in [0.1, 0.15) is 5.60 Å². The molecule has 0 atom stereocenters. The van der Waals surface area contributed by atoms with Crippen LogP contribution < -0.4 is 5.32 Å². The van der Waals surface area contributed by atoms with Crippen LogP contribution in [0.5, 0.6) is 0 Å². The van der Waals surface area contributed by atoms with E-state index in [9.17, 15) is 9.59 Å². The van der Waals surface area contributed by atoms with Crippen LogP contribution in [0, 0.1) is 6.92 Å². The number of ether oxygens (including phenoxy) is 1. The van der Waals surface area contributed by atoms with Crippen molar-refractivity contribution in [2.75, 3.05) is 5.32 Å². The van der Waals surface area contributed by atoms with Gasteiger partial charge in [-0.3, -0.25) is 10.1 Å². The molecule has 0 aliphatic carbocycles. The van der Waals surface area contributed by atoms with Crippen LogP contribution in [0.25, 0.3) is 10.9 Å². The van der Waals surface area contributed by atoms with Gasteiger partial charge in [0, 0.05) is 23.6 Å². The lowest BCUT2D eigenvalue weighted by Crippen LogP contribution is -2.27. The number of amides is 1. The molecular weight excluding hydrogens is 268 g/mol. The van der Waals surface area contributed by atoms with Crippen LogP contribution in [0.2, 0.25) is 0 Å². The van der Waals surface area contributed by atoms with Crippen molar-refractivity contribution >= 4 is 29.0 Å². The van der Waals surface area contributed by atoms with Crippen LogP contribution in [0.4, 0.5) is 10.5 Å². The van der Waals surface area contributed by atoms with Crippen LogP contribution >= 0.6 is 0 Å². The number of aryl methyl sites for hydroxylation is 2. The summed E-state index contributed by atoms with van der Waals surface area (Å²) in [6, 6.07) is 5.51. The van der Waals surface area contributed by atoms with Gasteiger partial charge >= 0.3 is 6.09 Å². The maximum Gasteiger partial charge on any atom is 0.412 e. The molecule has 0 saturated heterocycles. The third-order valence-corrected chi connectivity index (χ3v) is 3.29. The van der Waals surface area contributed by atoms with Crippen molar-refractivity contribution in [2.45, 2.75) is 33.3 Å². The minimum absolute atomic E-state index is 0.489. The molecule has 0 unspecified atom stereocenters. The van der Waals surface area contributed by atoms with Crippen molar-refractivity contribution in [3.63, 3.8) is 0 Å². The molecule has 0 fully saturated rings. The lowest BCUT2D eigenvalue weighted by Gasteiger charge is -2.20. The Hall–Kier alpha value is -2.30. The summed E-state index contributed by atoms with van der Waals surface area (Å²) in [4.78, 5) is 22.9. The number of hydrogen-bond donors (Lipinski definition) is 1. The fourth-order valence-corrected chi connectivity index (χ4v) is 2.23. The molecule has 1 aromatic heterocycles. The Labute approximate surface area is 123 Å². The molecule has 5 heteroatoms. The number of benzene rings is 1. The predicted octanol–water partition coefficient (Wildman–Crippen LogP) is 3.65. The summed E-state index contributed by atoms with van der Waals surface area (Å²) >= 11 is 0. The number of aldehydes is 1. The molecule has 0 aliphatic heterocycles. The topological polar surface area (TPSA) is 60.3 Å². The lowest BCUT2D eigenvalue weighted by atomic mass is 10.1. The van der Waals surface area contributed by atoms with Crippen molar-refractivity contribution in [2.24, 2.45) is 7.05 Å². The SMILES string of the molecule is Cc1c(NC(=O)OC(C)(C)C)ccc2c1cc(C=O)n2C. The second-order valence-corrected chi connectivity index (χ2v) is 6.04. The van der Waals surface area contributed by atoms with Crippen LogP contribution in [-0.4, -0.2) is 22.5 Å². The second-order valence-electron chi connectivity index (χ2n) is 6.04. The summed E-state index contributed by atoms with van der Waals surface area (Å²) < 4.78 is 7.07. The molecular formula is C16H20N2O3. The van der Waals surface area contributed by atoms with Gasteiger partial charge in [0.25, 0.3) is 0 Å². The fourth-order valence-electron chi connectivity index (χ4n) is 2.23. The molecule has 21 heavy (non-hydrogen) atoms. The van der Waals surface area contributed by atoms with E-state index in [1.165, 1.54) is 0 Å². The number of carbonyl (C=O) groups excluding carboxylic acids is 2. The van der Waals surface area contributed by atoms with Gasteiger partial charge in [-0.25, -0.2) is 4.79 Å². The summed E-state index contributed by atoms with van der Waals surface area (Å²) in [5.41, 5.74) is 2.59. The Kier molecular flexibility index (Phi) is 3.77. The summed E-state index contributed by atoms with van der Waals surface area (Å²) in [7, 11) is 1.84. The number of carbonyl (C=O) groups is 2. The van der Waals surface area contributed by atoms with Gasteiger partial charge in [0.15, 0.2) is 6.29 Å². The highest BCUT2D eigenvalue weighted by molar-refractivity contribution is 5.96. The highest BCUT2D eigenvalue weighted by atomic mass is 16.6. The average Bonchev–Trinajstić information content (AvgIpc) is 2.68. The first-order valence-corrected chi connectivity index (χ1v) is 6.77. The number of aromatic nitrogens is 1. The monoisotopic (exact) mass is 288 g/mol. The third kappa shape index (κ3) is 3.07. The average molecular weight is 288 g/mol. The van der Waals surface area contributed by atoms with Crippen molar-refractivity contribution in [3.8, 4) is 0 Å². The van der Waals surface area contributed by atoms with E-state index >= 15 is 0 Å². The summed E-state index contributed by atoms with van der Waals surface area (Å²) in [6.07, 6.45) is 0.330. The van der Waals surface area contributed by atoms with Crippen molar-refractivity contribution < 1.29 is 14.3 Å². The molecule has 2 rings (SSSR count). The first kappa shape index (κ1) is 15.1. The van der Waals surface area contributed by atoms with Crippen LogP contribution in [0.1, 0.15) is 36.8 Å². The van der Waals surface area contributed by atoms with E-state index in [0.717, 1.165) is 22.8 Å². The second kappa shape index (κ2) is 5.24. The lowest BCUT2D eigenvalue weighted by molar-refractivity contribution is 0.0635. The van der Waals surface area contributed by atoms with Crippen LogP contribution in [-0.2, 0) is 11.8 Å². The largest absolute Gasteiger partial charge is 0.444 e. The van der Waals surface area contributed by atoms with Gasteiger partial charge in [-0.2, -0.15) is 0 Å². The van der Waals surface area contributed by atoms with Gasteiger partial charge in [-0.1, -0.05) is 0 Å². The van der Waals surface area contributed by atoms with E-state index in [1.54, 1.807) is 0 Å². The zero-order valence-corrected chi connectivity index (χ0v) is 13.0. The molecule has 112 valence electrons. The minimum atomic E-state index is -0.542. The molecule has 1 amide bonds. The Morgan fingerprint density at radius 2 is 2.00 bits per heavy atom. The zero-order valence-electron chi connectivity index (χ0n) is 13.0. The van der Waals surface area contributed by atoms with Crippen LogP contribution in [0.3, 0.4) is 0 Å². The molecule has 1 N–H and O–H groups in total. The van der Waals surface area contributed by atoms with E-state index in [0.29, 0.717) is 11.4 Å². The van der Waals surface area contributed by atoms with Gasteiger partial charge in [-0.05, 0) is 51.5 Å². The molecule has 1 aromatic carbocycles. The zero-order chi connectivity index (χ0) is 15.8. The Balaban J connectivity index is 2.36. The van der Waals surface area contributed by atoms with Crippen molar-refractivity contribution in [1.29, 1.82) is 0 Å². The number of hydrogen-bond acceptors (Lipinski definition) is 3. The predicted molar refractivity (Wildman–Crippen MR) is 82.9 cm³/mol. The number of anilines is 1. The molecule has 0 bridgehead atoms. The van der Waals surface area contributed by atoms with E-state index in [4.69, 9.17) is 4.74 Å². The van der Waals surface area contributed by atoms with Gasteiger partial charge < -0.3 is 9.30 Å². The first-order chi connectivity index (χ1) is 9.73. The summed E-state index contributed by atoms with van der Waals surface area (Å²) in [5.74, 6) is 0. The number of nitrogens with zero attached hydrogens (tertiary/aromatic N) is 1. The van der Waals surface area contributed by atoms with Gasteiger partial charge in [0.05, 0.1) is 5.69 Å². The molecule has 2 aromatic rings. The van der Waals surface area contributed by atoms with Gasteiger partial charge in [0.2, 0.25) is 0 Å².